The summed E-state index contributed by atoms with van der Waals surface area (Å²) >= 11 is 12.1. The lowest BCUT2D eigenvalue weighted by Crippen LogP contribution is -2.43. The van der Waals surface area contributed by atoms with Gasteiger partial charge in [-0.15, -0.1) is 0 Å². The number of carbonyl (C=O) groups excluding carboxylic acids is 1. The summed E-state index contributed by atoms with van der Waals surface area (Å²) in [6.07, 6.45) is 5.19. The molecule has 0 saturated heterocycles. The molecule has 0 aliphatic rings. The Bertz CT molecular complexity index is 1220. The number of imidazole rings is 1. The molecule has 3 rings (SSSR count). The maximum Gasteiger partial charge on any atom is 0.407 e. The number of aromatic nitrogens is 2. The lowest BCUT2D eigenvalue weighted by atomic mass is 10.1. The van der Waals surface area contributed by atoms with E-state index in [2.05, 4.69) is 10.3 Å². The minimum atomic E-state index is -4.13. The Kier molecular flexibility index (Phi) is 9.39. The number of benzene rings is 2. The Morgan fingerprint density at radius 3 is 2.57 bits per heavy atom. The van der Waals surface area contributed by atoms with Crippen molar-refractivity contribution in [2.75, 3.05) is 17.5 Å². The Morgan fingerprint density at radius 2 is 1.91 bits per heavy atom. The number of hydrogen-bond donors (Lipinski definition) is 2. The van der Waals surface area contributed by atoms with Crippen molar-refractivity contribution < 1.29 is 23.1 Å². The van der Waals surface area contributed by atoms with Crippen molar-refractivity contribution in [2.24, 2.45) is 0 Å². The van der Waals surface area contributed by atoms with Crippen LogP contribution in [0, 0.1) is 0 Å². The first-order chi connectivity index (χ1) is 16.7. The molecule has 0 aliphatic carbocycles. The zero-order valence-electron chi connectivity index (χ0n) is 19.0. The van der Waals surface area contributed by atoms with Crippen molar-refractivity contribution in [1.29, 1.82) is 0 Å². The number of aliphatic hydroxyl groups excluding tert-OH is 1. The molecule has 188 valence electrons. The number of aryl methyl sites for hydroxylation is 1. The molecular weight excluding hydrogens is 515 g/mol. The molecule has 0 radical (unpaired) electrons. The molecule has 1 aromatic heterocycles. The van der Waals surface area contributed by atoms with E-state index in [1.165, 1.54) is 30.3 Å². The molecule has 0 aliphatic heterocycles. The van der Waals surface area contributed by atoms with E-state index in [1.54, 1.807) is 31.6 Å². The number of amides is 1. The SMILES string of the molecule is C[C@H](COC(=O)NCCCn1ccnc1)N(c1cc(Cl)ccc1CO)S(=O)(=O)c1ccc(Cl)cc1. The van der Waals surface area contributed by atoms with Gasteiger partial charge in [-0.3, -0.25) is 4.31 Å². The van der Waals surface area contributed by atoms with Crippen LogP contribution in [-0.4, -0.2) is 48.4 Å². The fourth-order valence-electron chi connectivity index (χ4n) is 3.39. The predicted molar refractivity (Wildman–Crippen MR) is 134 cm³/mol. The molecule has 1 heterocycles. The van der Waals surface area contributed by atoms with Crippen molar-refractivity contribution in [3.63, 3.8) is 0 Å². The van der Waals surface area contributed by atoms with Crippen LogP contribution in [0.3, 0.4) is 0 Å². The maximum absolute atomic E-state index is 13.6. The van der Waals surface area contributed by atoms with Crippen LogP contribution >= 0.6 is 23.2 Å². The van der Waals surface area contributed by atoms with Gasteiger partial charge in [-0.25, -0.2) is 18.2 Å². The van der Waals surface area contributed by atoms with Gasteiger partial charge in [0, 0.05) is 41.1 Å². The van der Waals surface area contributed by atoms with E-state index in [4.69, 9.17) is 27.9 Å². The molecule has 0 unspecified atom stereocenters. The highest BCUT2D eigenvalue weighted by atomic mass is 35.5. The summed E-state index contributed by atoms with van der Waals surface area (Å²) in [5, 5.41) is 13.2. The third-order valence-corrected chi connectivity index (χ3v) is 7.53. The van der Waals surface area contributed by atoms with Gasteiger partial charge in [0.25, 0.3) is 10.0 Å². The van der Waals surface area contributed by atoms with E-state index in [9.17, 15) is 18.3 Å². The Hall–Kier alpha value is -2.79. The fraction of sp³-hybridized carbons (Fsp3) is 0.304. The number of ether oxygens (including phenoxy) is 1. The minimum absolute atomic E-state index is 0.0124. The summed E-state index contributed by atoms with van der Waals surface area (Å²) in [5.74, 6) is 0. The Morgan fingerprint density at radius 1 is 1.20 bits per heavy atom. The number of sulfonamides is 1. The lowest BCUT2D eigenvalue weighted by Gasteiger charge is -2.31. The highest BCUT2D eigenvalue weighted by molar-refractivity contribution is 7.92. The van der Waals surface area contributed by atoms with Crippen molar-refractivity contribution >= 4 is 45.0 Å². The molecule has 2 aromatic carbocycles. The van der Waals surface area contributed by atoms with Crippen LogP contribution in [0.1, 0.15) is 18.9 Å². The summed E-state index contributed by atoms with van der Waals surface area (Å²) in [6, 6.07) is 9.43. The van der Waals surface area contributed by atoms with E-state index in [0.717, 1.165) is 4.31 Å². The zero-order chi connectivity index (χ0) is 25.4. The number of alkyl carbamates (subject to hydrolysis) is 1. The molecule has 1 amide bonds. The van der Waals surface area contributed by atoms with Crippen molar-refractivity contribution in [3.05, 3.63) is 76.8 Å². The van der Waals surface area contributed by atoms with Gasteiger partial charge in [-0.2, -0.15) is 0 Å². The quantitative estimate of drug-likeness (QED) is 0.354. The number of rotatable bonds is 11. The van der Waals surface area contributed by atoms with Crippen molar-refractivity contribution in [3.8, 4) is 0 Å². The topological polar surface area (TPSA) is 114 Å². The number of hydrogen-bond acceptors (Lipinski definition) is 6. The number of halogens is 2. The maximum atomic E-state index is 13.6. The molecule has 9 nitrogen and oxygen atoms in total. The fourth-order valence-corrected chi connectivity index (χ4v) is 5.35. The summed E-state index contributed by atoms with van der Waals surface area (Å²) < 4.78 is 35.5. The predicted octanol–water partition coefficient (Wildman–Crippen LogP) is 4.08. The lowest BCUT2D eigenvalue weighted by molar-refractivity contribution is 0.141. The van der Waals surface area contributed by atoms with E-state index in [-0.39, 0.29) is 22.2 Å². The number of anilines is 1. The van der Waals surface area contributed by atoms with E-state index < -0.39 is 28.8 Å². The second-order valence-electron chi connectivity index (χ2n) is 7.71. The number of carbonyl (C=O) groups is 1. The third-order valence-electron chi connectivity index (χ3n) is 5.10. The number of nitrogens with zero attached hydrogens (tertiary/aromatic N) is 3. The van der Waals surface area contributed by atoms with Crippen molar-refractivity contribution in [2.45, 2.75) is 37.4 Å². The molecule has 0 fully saturated rings. The molecule has 1 atom stereocenters. The van der Waals surface area contributed by atoms with Gasteiger partial charge in [0.15, 0.2) is 0 Å². The van der Waals surface area contributed by atoms with Gasteiger partial charge in [0.05, 0.1) is 29.6 Å². The first kappa shape index (κ1) is 26.8. The summed E-state index contributed by atoms with van der Waals surface area (Å²) in [5.41, 5.74) is 0.537. The molecule has 35 heavy (non-hydrogen) atoms. The molecule has 0 saturated carbocycles. The molecule has 12 heteroatoms. The first-order valence-corrected chi connectivity index (χ1v) is 13.0. The highest BCUT2D eigenvalue weighted by Crippen LogP contribution is 2.32. The van der Waals surface area contributed by atoms with Crippen LogP contribution in [0.2, 0.25) is 10.0 Å². The van der Waals surface area contributed by atoms with Gasteiger partial charge < -0.3 is 19.7 Å². The van der Waals surface area contributed by atoms with Gasteiger partial charge >= 0.3 is 6.09 Å². The van der Waals surface area contributed by atoms with E-state index >= 15 is 0 Å². The van der Waals surface area contributed by atoms with Crippen LogP contribution in [0.4, 0.5) is 10.5 Å². The number of aliphatic hydroxyl groups is 1. The molecular formula is C23H26Cl2N4O5S. The first-order valence-electron chi connectivity index (χ1n) is 10.8. The van der Waals surface area contributed by atoms with Gasteiger partial charge in [-0.1, -0.05) is 29.3 Å². The summed E-state index contributed by atoms with van der Waals surface area (Å²) in [4.78, 5) is 16.2. The number of nitrogens with one attached hydrogen (secondary N) is 1. The minimum Gasteiger partial charge on any atom is -0.447 e. The largest absolute Gasteiger partial charge is 0.447 e. The normalized spacial score (nSPS) is 12.2. The van der Waals surface area contributed by atoms with Gasteiger partial charge in [-0.05, 0) is 49.7 Å². The zero-order valence-corrected chi connectivity index (χ0v) is 21.3. The monoisotopic (exact) mass is 540 g/mol. The Balaban J connectivity index is 1.75. The van der Waals surface area contributed by atoms with E-state index in [0.29, 0.717) is 30.1 Å². The second-order valence-corrected chi connectivity index (χ2v) is 10.4. The average Bonchev–Trinajstić information content (AvgIpc) is 3.34. The third kappa shape index (κ3) is 7.11. The second kappa shape index (κ2) is 12.3. The molecule has 0 spiro atoms. The average molecular weight is 541 g/mol. The standard InChI is InChI=1S/C23H26Cl2N4O5S/c1-17(15-34-23(31)27-9-2-11-28-12-10-26-16-28)29(22-13-20(25)4-3-18(22)14-30)35(32,33)21-7-5-19(24)6-8-21/h3-8,10,12-13,16-17,30H,2,9,11,14-15H2,1H3,(H,27,31)/t17-/m1/s1. The molecule has 0 bridgehead atoms. The molecule has 3 aromatic rings. The van der Waals surface area contributed by atoms with Crippen LogP contribution in [0.15, 0.2) is 66.1 Å². The van der Waals surface area contributed by atoms with Crippen LogP contribution < -0.4 is 9.62 Å². The van der Waals surface area contributed by atoms with Gasteiger partial charge in [0.1, 0.15) is 6.61 Å². The smallest absolute Gasteiger partial charge is 0.407 e. The summed E-state index contributed by atoms with van der Waals surface area (Å²) in [6.45, 7) is 2.01. The van der Waals surface area contributed by atoms with Gasteiger partial charge in [0.2, 0.25) is 0 Å². The highest BCUT2D eigenvalue weighted by Gasteiger charge is 2.32. The van der Waals surface area contributed by atoms with Crippen LogP contribution in [0.25, 0.3) is 0 Å². The van der Waals surface area contributed by atoms with E-state index in [1.807, 2.05) is 10.8 Å². The van der Waals surface area contributed by atoms with Crippen LogP contribution in [0.5, 0.6) is 0 Å². The summed E-state index contributed by atoms with van der Waals surface area (Å²) in [7, 11) is -4.13. The Labute approximate surface area is 214 Å². The molecule has 2 N–H and O–H groups in total. The van der Waals surface area contributed by atoms with Crippen molar-refractivity contribution in [1.82, 2.24) is 14.9 Å². The van der Waals surface area contributed by atoms with Crippen LogP contribution in [-0.2, 0) is 27.9 Å².